The van der Waals surface area contributed by atoms with Gasteiger partial charge in [0.05, 0.1) is 28.9 Å². The highest BCUT2D eigenvalue weighted by molar-refractivity contribution is 6.30. The number of benzene rings is 1. The highest BCUT2D eigenvalue weighted by Gasteiger charge is 2.38. The van der Waals surface area contributed by atoms with E-state index in [9.17, 15) is 4.79 Å². The maximum atomic E-state index is 13.2. The van der Waals surface area contributed by atoms with Gasteiger partial charge in [0.25, 0.3) is 0 Å². The number of hydrogen-bond donors (Lipinski definition) is 2. The summed E-state index contributed by atoms with van der Waals surface area (Å²) in [4.78, 5) is 29.8. The van der Waals surface area contributed by atoms with E-state index < -0.39 is 5.54 Å². The Hall–Kier alpha value is -3.59. The van der Waals surface area contributed by atoms with Gasteiger partial charge in [-0.1, -0.05) is 23.7 Å². The number of carbonyl (C=O) groups excluding carboxylic acids is 1. The van der Waals surface area contributed by atoms with Crippen LogP contribution in [-0.4, -0.2) is 60.8 Å². The molecule has 1 aliphatic rings. The third-order valence-electron chi connectivity index (χ3n) is 6.58. The SMILES string of the molecule is C[C@H](NC(=O)N1CCN(c2ncnc3[nH]c(-c4cnn(C)c4)cc23)CC1(C)C)c1ccc(Cl)cc1. The highest BCUT2D eigenvalue weighted by Crippen LogP contribution is 2.32. The van der Waals surface area contributed by atoms with E-state index in [1.165, 1.54) is 0 Å². The molecule has 4 heterocycles. The average molecular weight is 493 g/mol. The first kappa shape index (κ1) is 23.2. The van der Waals surface area contributed by atoms with E-state index in [1.807, 2.05) is 55.5 Å². The number of halogens is 1. The summed E-state index contributed by atoms with van der Waals surface area (Å²) in [6, 6.07) is 9.42. The smallest absolute Gasteiger partial charge is 0.318 e. The standard InChI is InChI=1S/C25H29ClN8O/c1-16(17-5-7-19(26)8-6-17)30-24(35)34-10-9-33(14-25(34,2)3)23-20-11-21(18-12-29-32(4)13-18)31-22(20)27-15-28-23/h5-8,11-13,15-16H,9-10,14H2,1-4H3,(H,30,35)(H,27,28,31)/t16-/m0/s1. The van der Waals surface area contributed by atoms with Crippen molar-refractivity contribution >= 4 is 34.5 Å². The van der Waals surface area contributed by atoms with E-state index >= 15 is 0 Å². The maximum absolute atomic E-state index is 13.2. The Morgan fingerprint density at radius 3 is 2.66 bits per heavy atom. The zero-order valence-corrected chi connectivity index (χ0v) is 21.0. The summed E-state index contributed by atoms with van der Waals surface area (Å²) >= 11 is 6.00. The molecule has 35 heavy (non-hydrogen) atoms. The molecule has 1 saturated heterocycles. The van der Waals surface area contributed by atoms with Gasteiger partial charge in [-0.3, -0.25) is 4.68 Å². The van der Waals surface area contributed by atoms with Crippen LogP contribution in [0, 0.1) is 0 Å². The molecule has 5 rings (SSSR count). The summed E-state index contributed by atoms with van der Waals surface area (Å²) in [5, 5.41) is 9.03. The number of fused-ring (bicyclic) bond motifs is 1. The third-order valence-corrected chi connectivity index (χ3v) is 6.83. The normalized spacial score (nSPS) is 16.5. The van der Waals surface area contributed by atoms with Crippen molar-refractivity contribution in [3.05, 3.63) is 59.6 Å². The molecule has 1 atom stereocenters. The van der Waals surface area contributed by atoms with Crippen LogP contribution >= 0.6 is 11.6 Å². The zero-order valence-electron chi connectivity index (χ0n) is 20.3. The maximum Gasteiger partial charge on any atom is 0.318 e. The lowest BCUT2D eigenvalue weighted by atomic mass is 9.99. The molecule has 4 aromatic rings. The Labute approximate surface area is 209 Å². The van der Waals surface area contributed by atoms with Gasteiger partial charge in [0.15, 0.2) is 0 Å². The molecule has 10 heteroatoms. The van der Waals surface area contributed by atoms with Crippen LogP contribution in [0.15, 0.2) is 49.1 Å². The summed E-state index contributed by atoms with van der Waals surface area (Å²) in [5.74, 6) is 0.865. The molecule has 0 saturated carbocycles. The number of aromatic nitrogens is 5. The largest absolute Gasteiger partial charge is 0.352 e. The lowest BCUT2D eigenvalue weighted by molar-refractivity contribution is 0.121. The van der Waals surface area contributed by atoms with Gasteiger partial charge in [0, 0.05) is 43.5 Å². The van der Waals surface area contributed by atoms with Crippen LogP contribution in [0.4, 0.5) is 10.6 Å². The number of nitrogens with zero attached hydrogens (tertiary/aromatic N) is 6. The average Bonchev–Trinajstić information content (AvgIpc) is 3.44. The van der Waals surface area contributed by atoms with E-state index in [-0.39, 0.29) is 12.1 Å². The molecule has 1 aliphatic heterocycles. The fraction of sp³-hybridized carbons (Fsp3) is 0.360. The van der Waals surface area contributed by atoms with Crippen molar-refractivity contribution in [2.75, 3.05) is 24.5 Å². The van der Waals surface area contributed by atoms with E-state index in [0.29, 0.717) is 24.7 Å². The van der Waals surface area contributed by atoms with E-state index in [0.717, 1.165) is 33.7 Å². The Balaban J connectivity index is 1.33. The number of carbonyl (C=O) groups is 1. The lowest BCUT2D eigenvalue weighted by Gasteiger charge is -2.47. The first-order valence-corrected chi connectivity index (χ1v) is 12.0. The molecule has 182 valence electrons. The summed E-state index contributed by atoms with van der Waals surface area (Å²) in [6.07, 6.45) is 5.37. The number of piperazine rings is 1. The van der Waals surface area contributed by atoms with Crippen molar-refractivity contribution in [1.82, 2.24) is 34.9 Å². The van der Waals surface area contributed by atoms with Crippen LogP contribution in [0.5, 0.6) is 0 Å². The molecule has 1 aromatic carbocycles. The summed E-state index contributed by atoms with van der Waals surface area (Å²) < 4.78 is 1.77. The summed E-state index contributed by atoms with van der Waals surface area (Å²) in [7, 11) is 1.89. The molecule has 9 nitrogen and oxygen atoms in total. The Bertz CT molecular complexity index is 1360. The second-order valence-corrected chi connectivity index (χ2v) is 10.1. The van der Waals surface area contributed by atoms with Crippen molar-refractivity contribution in [2.24, 2.45) is 7.05 Å². The highest BCUT2D eigenvalue weighted by atomic mass is 35.5. The predicted molar refractivity (Wildman–Crippen MR) is 137 cm³/mol. The Morgan fingerprint density at radius 2 is 1.97 bits per heavy atom. The van der Waals surface area contributed by atoms with Gasteiger partial charge in [0.1, 0.15) is 17.8 Å². The number of anilines is 1. The van der Waals surface area contributed by atoms with Gasteiger partial charge in [-0.25, -0.2) is 14.8 Å². The fourth-order valence-corrected chi connectivity index (χ4v) is 4.83. The van der Waals surface area contributed by atoms with Gasteiger partial charge in [0.2, 0.25) is 0 Å². The number of rotatable bonds is 4. The number of aromatic amines is 1. The number of hydrogen-bond acceptors (Lipinski definition) is 5. The van der Waals surface area contributed by atoms with Crippen molar-refractivity contribution in [3.8, 4) is 11.3 Å². The molecular weight excluding hydrogens is 464 g/mol. The number of urea groups is 1. The van der Waals surface area contributed by atoms with Gasteiger partial charge in [-0.05, 0) is 44.5 Å². The van der Waals surface area contributed by atoms with Crippen molar-refractivity contribution in [2.45, 2.75) is 32.4 Å². The third kappa shape index (κ3) is 4.55. The minimum atomic E-state index is -0.401. The fourth-order valence-electron chi connectivity index (χ4n) is 4.70. The van der Waals surface area contributed by atoms with Crippen molar-refractivity contribution in [3.63, 3.8) is 0 Å². The van der Waals surface area contributed by atoms with Gasteiger partial charge in [-0.2, -0.15) is 5.10 Å². The van der Waals surface area contributed by atoms with Gasteiger partial charge < -0.3 is 20.1 Å². The molecule has 0 aliphatic carbocycles. The Morgan fingerprint density at radius 1 is 1.20 bits per heavy atom. The predicted octanol–water partition coefficient (Wildman–Crippen LogP) is 4.38. The van der Waals surface area contributed by atoms with Crippen LogP contribution in [-0.2, 0) is 7.05 Å². The first-order valence-electron chi connectivity index (χ1n) is 11.6. The molecule has 3 aromatic heterocycles. The molecule has 0 bridgehead atoms. The lowest BCUT2D eigenvalue weighted by Crippen LogP contribution is -2.63. The number of nitrogens with one attached hydrogen (secondary N) is 2. The summed E-state index contributed by atoms with van der Waals surface area (Å²) in [6.45, 7) is 8.05. The molecule has 0 radical (unpaired) electrons. The van der Waals surface area contributed by atoms with Crippen LogP contribution in [0.2, 0.25) is 5.02 Å². The summed E-state index contributed by atoms with van der Waals surface area (Å²) in [5.41, 5.74) is 3.33. The van der Waals surface area contributed by atoms with Gasteiger partial charge in [-0.15, -0.1) is 0 Å². The second kappa shape index (κ2) is 8.88. The second-order valence-electron chi connectivity index (χ2n) is 9.65. The molecule has 0 unspecified atom stereocenters. The minimum absolute atomic E-state index is 0.0783. The molecular formula is C25H29ClN8O. The monoisotopic (exact) mass is 492 g/mol. The minimum Gasteiger partial charge on any atom is -0.352 e. The molecule has 0 spiro atoms. The van der Waals surface area contributed by atoms with Crippen molar-refractivity contribution in [1.29, 1.82) is 0 Å². The number of amides is 2. The molecule has 2 amide bonds. The van der Waals surface area contributed by atoms with E-state index in [2.05, 4.69) is 50.2 Å². The van der Waals surface area contributed by atoms with Crippen LogP contribution in [0.25, 0.3) is 22.3 Å². The first-order chi connectivity index (χ1) is 16.7. The zero-order chi connectivity index (χ0) is 24.7. The van der Waals surface area contributed by atoms with Crippen LogP contribution < -0.4 is 10.2 Å². The number of aryl methyl sites for hydroxylation is 1. The Kier molecular flexibility index (Phi) is 5.88. The van der Waals surface area contributed by atoms with Crippen molar-refractivity contribution < 1.29 is 4.79 Å². The molecule has 2 N–H and O–H groups in total. The quantitative estimate of drug-likeness (QED) is 0.440. The van der Waals surface area contributed by atoms with E-state index in [4.69, 9.17) is 11.6 Å². The molecule has 1 fully saturated rings. The topological polar surface area (TPSA) is 95.0 Å². The van der Waals surface area contributed by atoms with Gasteiger partial charge >= 0.3 is 6.03 Å². The number of H-pyrrole nitrogens is 1. The van der Waals surface area contributed by atoms with Crippen LogP contribution in [0.3, 0.4) is 0 Å². The van der Waals surface area contributed by atoms with Crippen LogP contribution in [0.1, 0.15) is 32.4 Å². The van der Waals surface area contributed by atoms with E-state index in [1.54, 1.807) is 11.0 Å².